The number of benzene rings is 1. The first kappa shape index (κ1) is 21.2. The van der Waals surface area contributed by atoms with Crippen LogP contribution >= 0.6 is 0 Å². The molecule has 0 saturated heterocycles. The number of ether oxygens (including phenoxy) is 1. The van der Waals surface area contributed by atoms with Crippen LogP contribution in [0.4, 0.5) is 19.0 Å². The number of halogens is 3. The van der Waals surface area contributed by atoms with Crippen LogP contribution in [0.1, 0.15) is 37.9 Å². The molecule has 0 radical (unpaired) electrons. The fraction of sp³-hybridized carbons (Fsp3) is 0.316. The average molecular weight is 395 g/mol. The number of anilines is 1. The van der Waals surface area contributed by atoms with E-state index in [9.17, 15) is 22.8 Å². The number of nitrogens with one attached hydrogen (secondary N) is 1. The number of carbonyl (C=O) groups excluding carboxylic acids is 2. The summed E-state index contributed by atoms with van der Waals surface area (Å²) >= 11 is 0. The van der Waals surface area contributed by atoms with Gasteiger partial charge in [0.15, 0.2) is 6.10 Å². The first-order valence-corrected chi connectivity index (χ1v) is 8.48. The lowest BCUT2D eigenvalue weighted by molar-refractivity contribution is -0.148. The van der Waals surface area contributed by atoms with Gasteiger partial charge in [0, 0.05) is 18.2 Å². The number of rotatable bonds is 6. The molecule has 28 heavy (non-hydrogen) atoms. The predicted octanol–water partition coefficient (Wildman–Crippen LogP) is 4.07. The Labute approximate surface area is 160 Å². The van der Waals surface area contributed by atoms with Crippen LogP contribution in [-0.2, 0) is 20.5 Å². The van der Waals surface area contributed by atoms with E-state index >= 15 is 0 Å². The van der Waals surface area contributed by atoms with Crippen molar-refractivity contribution in [3.05, 3.63) is 53.7 Å². The monoisotopic (exact) mass is 395 g/mol. The maximum Gasteiger partial charge on any atom is 0.416 e. The van der Waals surface area contributed by atoms with Crippen LogP contribution in [0.25, 0.3) is 6.08 Å². The molecular weight excluding hydrogens is 375 g/mol. The number of hydrogen-bond donors (Lipinski definition) is 1. The van der Waals surface area contributed by atoms with Crippen molar-refractivity contribution in [1.82, 2.24) is 9.78 Å². The number of esters is 1. The molecule has 150 valence electrons. The minimum atomic E-state index is -4.42. The Bertz CT molecular complexity index is 855. The smallest absolute Gasteiger partial charge is 0.416 e. The van der Waals surface area contributed by atoms with Crippen LogP contribution in [0.15, 0.2) is 42.6 Å². The molecule has 1 atom stereocenters. The van der Waals surface area contributed by atoms with Crippen LogP contribution < -0.4 is 5.32 Å². The molecule has 1 amide bonds. The summed E-state index contributed by atoms with van der Waals surface area (Å²) in [5.41, 5.74) is -0.388. The lowest BCUT2D eigenvalue weighted by Gasteiger charge is -2.15. The van der Waals surface area contributed by atoms with E-state index in [0.717, 1.165) is 18.2 Å². The van der Waals surface area contributed by atoms with Gasteiger partial charge in [-0.15, -0.1) is 0 Å². The second-order valence-electron chi connectivity index (χ2n) is 6.28. The highest BCUT2D eigenvalue weighted by Gasteiger charge is 2.29. The molecule has 2 aromatic rings. The van der Waals surface area contributed by atoms with Crippen molar-refractivity contribution in [3.63, 3.8) is 0 Å². The molecule has 1 aromatic heterocycles. The second-order valence-corrected chi connectivity index (χ2v) is 6.28. The van der Waals surface area contributed by atoms with E-state index in [1.807, 2.05) is 13.8 Å². The molecule has 0 aliphatic rings. The maximum absolute atomic E-state index is 12.5. The molecule has 0 unspecified atom stereocenters. The van der Waals surface area contributed by atoms with E-state index in [-0.39, 0.29) is 6.04 Å². The zero-order chi connectivity index (χ0) is 20.9. The third-order valence-corrected chi connectivity index (χ3v) is 3.72. The Morgan fingerprint density at radius 3 is 2.36 bits per heavy atom. The zero-order valence-corrected chi connectivity index (χ0v) is 15.5. The first-order valence-electron chi connectivity index (χ1n) is 8.48. The van der Waals surface area contributed by atoms with Crippen LogP contribution in [0, 0.1) is 0 Å². The molecule has 2 rings (SSSR count). The maximum atomic E-state index is 12.5. The van der Waals surface area contributed by atoms with E-state index in [1.165, 1.54) is 25.1 Å². The molecule has 0 aliphatic carbocycles. The lowest BCUT2D eigenvalue weighted by Crippen LogP contribution is -2.30. The standard InChI is InChI=1S/C19H20F3N3O3/c1-12(2)25-16(10-11-23-25)24-18(27)13(3)28-17(26)9-6-14-4-7-15(8-5-14)19(20,21)22/h4-13H,1-3H3,(H,24,27)/b9-6+/t13-/m1/s1. The number of aromatic nitrogens is 2. The second kappa shape index (κ2) is 8.73. The van der Waals surface area contributed by atoms with Crippen molar-refractivity contribution in [1.29, 1.82) is 0 Å². The van der Waals surface area contributed by atoms with Gasteiger partial charge in [-0.2, -0.15) is 18.3 Å². The predicted molar refractivity (Wildman–Crippen MR) is 97.3 cm³/mol. The van der Waals surface area contributed by atoms with Crippen molar-refractivity contribution in [2.24, 2.45) is 0 Å². The number of alkyl halides is 3. The quantitative estimate of drug-likeness (QED) is 0.591. The molecule has 1 heterocycles. The number of carbonyl (C=O) groups is 2. The Kier molecular flexibility index (Phi) is 6.61. The molecule has 0 aliphatic heterocycles. The SMILES string of the molecule is CC(C)n1nccc1NC(=O)[C@@H](C)OC(=O)/C=C/c1ccc(C(F)(F)F)cc1. The van der Waals surface area contributed by atoms with Gasteiger partial charge in [-0.1, -0.05) is 12.1 Å². The van der Waals surface area contributed by atoms with Gasteiger partial charge >= 0.3 is 12.1 Å². The topological polar surface area (TPSA) is 73.2 Å². The normalized spacial score (nSPS) is 13.0. The van der Waals surface area contributed by atoms with Crippen molar-refractivity contribution in [2.45, 2.75) is 39.1 Å². The summed E-state index contributed by atoms with van der Waals surface area (Å²) in [6.45, 7) is 5.21. The molecule has 9 heteroatoms. The van der Waals surface area contributed by atoms with E-state index in [0.29, 0.717) is 11.4 Å². The van der Waals surface area contributed by atoms with Crippen LogP contribution in [-0.4, -0.2) is 27.8 Å². The van der Waals surface area contributed by atoms with E-state index in [1.54, 1.807) is 16.9 Å². The van der Waals surface area contributed by atoms with Crippen molar-refractivity contribution < 1.29 is 27.5 Å². The minimum absolute atomic E-state index is 0.0369. The summed E-state index contributed by atoms with van der Waals surface area (Å²) in [6.07, 6.45) is -1.60. The summed E-state index contributed by atoms with van der Waals surface area (Å²) in [6, 6.07) is 5.95. The van der Waals surface area contributed by atoms with Crippen molar-refractivity contribution >= 4 is 23.8 Å². The van der Waals surface area contributed by atoms with Crippen LogP contribution in [0.3, 0.4) is 0 Å². The molecule has 0 fully saturated rings. The molecular formula is C19H20F3N3O3. The number of hydrogen-bond acceptors (Lipinski definition) is 4. The molecule has 1 N–H and O–H groups in total. The molecule has 1 aromatic carbocycles. The Hall–Kier alpha value is -3.10. The fourth-order valence-electron chi connectivity index (χ4n) is 2.27. The summed E-state index contributed by atoms with van der Waals surface area (Å²) in [7, 11) is 0. The van der Waals surface area contributed by atoms with Gasteiger partial charge < -0.3 is 10.1 Å². The summed E-state index contributed by atoms with van der Waals surface area (Å²) in [5.74, 6) is -0.846. The molecule has 0 spiro atoms. The highest BCUT2D eigenvalue weighted by molar-refractivity contribution is 5.96. The van der Waals surface area contributed by atoms with Crippen molar-refractivity contribution in [3.8, 4) is 0 Å². The Morgan fingerprint density at radius 1 is 1.14 bits per heavy atom. The van der Waals surface area contributed by atoms with Gasteiger partial charge in [0.25, 0.3) is 5.91 Å². The average Bonchev–Trinajstić information content (AvgIpc) is 3.08. The summed E-state index contributed by atoms with van der Waals surface area (Å²) < 4.78 is 44.2. The summed E-state index contributed by atoms with van der Waals surface area (Å²) in [5, 5.41) is 6.71. The van der Waals surface area contributed by atoms with Gasteiger partial charge in [0.2, 0.25) is 0 Å². The van der Waals surface area contributed by atoms with Gasteiger partial charge in [0.05, 0.1) is 11.8 Å². The highest BCUT2D eigenvalue weighted by Crippen LogP contribution is 2.29. The molecule has 0 saturated carbocycles. The Balaban J connectivity index is 1.92. The lowest BCUT2D eigenvalue weighted by atomic mass is 10.1. The largest absolute Gasteiger partial charge is 0.449 e. The van der Waals surface area contributed by atoms with Crippen molar-refractivity contribution in [2.75, 3.05) is 5.32 Å². The third-order valence-electron chi connectivity index (χ3n) is 3.72. The fourth-order valence-corrected chi connectivity index (χ4v) is 2.27. The minimum Gasteiger partial charge on any atom is -0.449 e. The zero-order valence-electron chi connectivity index (χ0n) is 15.5. The molecule has 0 bridgehead atoms. The molecule has 6 nitrogen and oxygen atoms in total. The number of nitrogens with zero attached hydrogens (tertiary/aromatic N) is 2. The van der Waals surface area contributed by atoms with Crippen LogP contribution in [0.2, 0.25) is 0 Å². The highest BCUT2D eigenvalue weighted by atomic mass is 19.4. The van der Waals surface area contributed by atoms with Crippen LogP contribution in [0.5, 0.6) is 0 Å². The first-order chi connectivity index (χ1) is 13.1. The third kappa shape index (κ3) is 5.70. The summed E-state index contributed by atoms with van der Waals surface area (Å²) in [4.78, 5) is 24.0. The van der Waals surface area contributed by atoms with Gasteiger partial charge in [-0.05, 0) is 44.5 Å². The Morgan fingerprint density at radius 2 is 1.79 bits per heavy atom. The van der Waals surface area contributed by atoms with Gasteiger partial charge in [0.1, 0.15) is 5.82 Å². The van der Waals surface area contributed by atoms with Gasteiger partial charge in [-0.25, -0.2) is 9.48 Å². The van der Waals surface area contributed by atoms with E-state index in [2.05, 4.69) is 10.4 Å². The van der Waals surface area contributed by atoms with E-state index < -0.39 is 29.7 Å². The van der Waals surface area contributed by atoms with Gasteiger partial charge in [-0.3, -0.25) is 4.79 Å². The number of amides is 1. The van der Waals surface area contributed by atoms with E-state index in [4.69, 9.17) is 4.74 Å².